The van der Waals surface area contributed by atoms with Gasteiger partial charge in [0.2, 0.25) is 0 Å². The van der Waals surface area contributed by atoms with Crippen molar-refractivity contribution in [2.24, 2.45) is 0 Å². The number of nitrogens with one attached hydrogen (secondary N) is 2. The predicted octanol–water partition coefficient (Wildman–Crippen LogP) is 0.973. The molecule has 1 amide bonds. The lowest BCUT2D eigenvalue weighted by atomic mass is 10.1. The van der Waals surface area contributed by atoms with E-state index in [9.17, 15) is 4.79 Å². The van der Waals surface area contributed by atoms with Crippen LogP contribution in [0.2, 0.25) is 0 Å². The minimum Gasteiger partial charge on any atom is -0.351 e. The summed E-state index contributed by atoms with van der Waals surface area (Å²) in [4.78, 5) is 14.6. The molecule has 2 heterocycles. The van der Waals surface area contributed by atoms with Gasteiger partial charge in [0.15, 0.2) is 5.69 Å². The van der Waals surface area contributed by atoms with E-state index in [4.69, 9.17) is 0 Å². The fourth-order valence-electron chi connectivity index (χ4n) is 3.08. The summed E-state index contributed by atoms with van der Waals surface area (Å²) in [6.07, 6.45) is 3.03. The Morgan fingerprint density at radius 1 is 1.35 bits per heavy atom. The van der Waals surface area contributed by atoms with Crippen molar-refractivity contribution in [3.05, 3.63) is 11.4 Å². The van der Waals surface area contributed by atoms with Crippen LogP contribution in [0.1, 0.15) is 55.3 Å². The molecule has 0 bridgehead atoms. The van der Waals surface area contributed by atoms with Crippen molar-refractivity contribution in [1.82, 2.24) is 30.5 Å². The van der Waals surface area contributed by atoms with Gasteiger partial charge in [0.25, 0.3) is 5.91 Å². The molecule has 2 rings (SSSR count). The second kappa shape index (κ2) is 8.98. The lowest BCUT2D eigenvalue weighted by Crippen LogP contribution is -2.31. The van der Waals surface area contributed by atoms with Crippen molar-refractivity contribution in [3.63, 3.8) is 0 Å². The summed E-state index contributed by atoms with van der Waals surface area (Å²) in [7, 11) is 0. The van der Waals surface area contributed by atoms with Crippen LogP contribution in [0.25, 0.3) is 0 Å². The molecule has 1 aliphatic heterocycles. The van der Waals surface area contributed by atoms with Crippen LogP contribution in [-0.2, 0) is 0 Å². The van der Waals surface area contributed by atoms with E-state index in [2.05, 4.69) is 39.7 Å². The minimum absolute atomic E-state index is 0.109. The Hall–Kier alpha value is -1.47. The monoisotopic (exact) mass is 322 g/mol. The summed E-state index contributed by atoms with van der Waals surface area (Å²) in [5, 5.41) is 14.6. The van der Waals surface area contributed by atoms with Gasteiger partial charge in [-0.05, 0) is 58.9 Å². The first-order chi connectivity index (χ1) is 11.2. The summed E-state index contributed by atoms with van der Waals surface area (Å²) < 4.78 is 1.92. The van der Waals surface area contributed by atoms with E-state index >= 15 is 0 Å². The minimum atomic E-state index is -0.109. The molecule has 0 aromatic carbocycles. The van der Waals surface area contributed by atoms with Crippen LogP contribution in [0.5, 0.6) is 0 Å². The number of piperidine rings is 1. The molecule has 1 saturated heterocycles. The molecule has 0 aliphatic carbocycles. The van der Waals surface area contributed by atoms with Crippen LogP contribution in [0.4, 0.5) is 0 Å². The van der Waals surface area contributed by atoms with E-state index in [1.165, 1.54) is 0 Å². The average molecular weight is 322 g/mol. The van der Waals surface area contributed by atoms with Crippen molar-refractivity contribution in [2.45, 2.75) is 46.1 Å². The van der Waals surface area contributed by atoms with Crippen LogP contribution in [-0.4, -0.2) is 65.1 Å². The molecular weight excluding hydrogens is 292 g/mol. The van der Waals surface area contributed by atoms with Gasteiger partial charge in [0.05, 0.1) is 11.7 Å². The molecule has 0 atom stereocenters. The second-order valence-electron chi connectivity index (χ2n) is 6.09. The van der Waals surface area contributed by atoms with Gasteiger partial charge in [-0.3, -0.25) is 4.79 Å². The van der Waals surface area contributed by atoms with E-state index in [-0.39, 0.29) is 5.91 Å². The van der Waals surface area contributed by atoms with Gasteiger partial charge in [-0.25, -0.2) is 4.68 Å². The number of nitrogens with zero attached hydrogens (tertiary/aromatic N) is 4. The fourth-order valence-corrected chi connectivity index (χ4v) is 3.08. The summed E-state index contributed by atoms with van der Waals surface area (Å²) >= 11 is 0. The maximum atomic E-state index is 12.3. The third kappa shape index (κ3) is 4.75. The quantitative estimate of drug-likeness (QED) is 0.698. The molecular formula is C16H30N6O. The van der Waals surface area contributed by atoms with E-state index in [0.717, 1.165) is 57.7 Å². The van der Waals surface area contributed by atoms with Crippen LogP contribution < -0.4 is 10.6 Å². The largest absolute Gasteiger partial charge is 0.351 e. The molecule has 0 saturated carbocycles. The van der Waals surface area contributed by atoms with Gasteiger partial charge in [-0.1, -0.05) is 19.1 Å². The van der Waals surface area contributed by atoms with E-state index in [1.54, 1.807) is 0 Å². The third-order valence-electron chi connectivity index (χ3n) is 4.63. The van der Waals surface area contributed by atoms with Gasteiger partial charge < -0.3 is 15.5 Å². The Labute approximate surface area is 138 Å². The molecule has 0 spiro atoms. The Morgan fingerprint density at radius 3 is 2.70 bits per heavy atom. The highest BCUT2D eigenvalue weighted by atomic mass is 16.2. The molecule has 1 fully saturated rings. The van der Waals surface area contributed by atoms with Gasteiger partial charge in [0, 0.05) is 6.54 Å². The van der Waals surface area contributed by atoms with Gasteiger partial charge >= 0.3 is 0 Å². The first-order valence-electron chi connectivity index (χ1n) is 8.80. The Balaban J connectivity index is 1.84. The standard InChI is InChI=1S/C16H30N6O/c1-4-21(5-2)12-6-9-18-16(23)15-13(3)22(20-19-15)14-7-10-17-11-8-14/h14,17H,4-12H2,1-3H3,(H,18,23). The third-order valence-corrected chi connectivity index (χ3v) is 4.63. The second-order valence-corrected chi connectivity index (χ2v) is 6.09. The SMILES string of the molecule is CCN(CC)CCCNC(=O)c1nnn(C2CCNCC2)c1C. The summed E-state index contributed by atoms with van der Waals surface area (Å²) in [6.45, 7) is 12.0. The molecule has 2 N–H and O–H groups in total. The summed E-state index contributed by atoms with van der Waals surface area (Å²) in [6, 6.07) is 0.355. The first kappa shape index (κ1) is 17.9. The lowest BCUT2D eigenvalue weighted by Gasteiger charge is -2.23. The zero-order valence-electron chi connectivity index (χ0n) is 14.6. The number of carbonyl (C=O) groups is 1. The topological polar surface area (TPSA) is 75.1 Å². The van der Waals surface area contributed by atoms with Crippen molar-refractivity contribution in [3.8, 4) is 0 Å². The Bertz CT molecular complexity index is 491. The molecule has 130 valence electrons. The number of rotatable bonds is 8. The average Bonchev–Trinajstić information content (AvgIpc) is 2.97. The van der Waals surface area contributed by atoms with Gasteiger partial charge in [-0.2, -0.15) is 0 Å². The number of aromatic nitrogens is 3. The number of carbonyl (C=O) groups excluding carboxylic acids is 1. The maximum absolute atomic E-state index is 12.3. The molecule has 23 heavy (non-hydrogen) atoms. The number of amides is 1. The van der Waals surface area contributed by atoms with E-state index in [0.29, 0.717) is 18.3 Å². The highest BCUT2D eigenvalue weighted by Gasteiger charge is 2.22. The molecule has 1 aromatic heterocycles. The fraction of sp³-hybridized carbons (Fsp3) is 0.812. The van der Waals surface area contributed by atoms with Crippen molar-refractivity contribution < 1.29 is 4.79 Å². The van der Waals surface area contributed by atoms with Crippen molar-refractivity contribution in [1.29, 1.82) is 0 Å². The smallest absolute Gasteiger partial charge is 0.273 e. The summed E-state index contributed by atoms with van der Waals surface area (Å²) in [5.74, 6) is -0.109. The summed E-state index contributed by atoms with van der Waals surface area (Å²) in [5.41, 5.74) is 1.34. The van der Waals surface area contributed by atoms with E-state index in [1.807, 2.05) is 11.6 Å². The molecule has 1 aromatic rings. The Kier molecular flexibility index (Phi) is 6.98. The van der Waals surface area contributed by atoms with Crippen molar-refractivity contribution >= 4 is 5.91 Å². The molecule has 7 nitrogen and oxygen atoms in total. The zero-order chi connectivity index (χ0) is 16.7. The molecule has 1 aliphatic rings. The van der Waals surface area contributed by atoms with E-state index < -0.39 is 0 Å². The number of hydrogen-bond donors (Lipinski definition) is 2. The van der Waals surface area contributed by atoms with Crippen LogP contribution in [0, 0.1) is 6.92 Å². The lowest BCUT2D eigenvalue weighted by molar-refractivity contribution is 0.0946. The normalized spacial score (nSPS) is 16.0. The number of hydrogen-bond acceptors (Lipinski definition) is 5. The highest BCUT2D eigenvalue weighted by molar-refractivity contribution is 5.93. The first-order valence-corrected chi connectivity index (χ1v) is 8.80. The van der Waals surface area contributed by atoms with Crippen LogP contribution in [0.15, 0.2) is 0 Å². The Morgan fingerprint density at radius 2 is 2.04 bits per heavy atom. The highest BCUT2D eigenvalue weighted by Crippen LogP contribution is 2.20. The van der Waals surface area contributed by atoms with Crippen LogP contribution in [0.3, 0.4) is 0 Å². The molecule has 0 unspecified atom stereocenters. The predicted molar refractivity (Wildman–Crippen MR) is 90.6 cm³/mol. The van der Waals surface area contributed by atoms with Gasteiger partial charge in [-0.15, -0.1) is 5.10 Å². The zero-order valence-corrected chi connectivity index (χ0v) is 14.6. The molecule has 7 heteroatoms. The van der Waals surface area contributed by atoms with Crippen molar-refractivity contribution in [2.75, 3.05) is 39.3 Å². The maximum Gasteiger partial charge on any atom is 0.273 e. The van der Waals surface area contributed by atoms with Gasteiger partial charge in [0.1, 0.15) is 0 Å². The van der Waals surface area contributed by atoms with Crippen LogP contribution >= 0.6 is 0 Å². The molecule has 0 radical (unpaired) electrons.